The van der Waals surface area contributed by atoms with Crippen LogP contribution in [-0.2, 0) is 24.2 Å². The van der Waals surface area contributed by atoms with Crippen LogP contribution in [0.2, 0.25) is 0 Å². The first-order valence-corrected chi connectivity index (χ1v) is 9.60. The van der Waals surface area contributed by atoms with Crippen LogP contribution < -0.4 is 0 Å². The Kier molecular flexibility index (Phi) is 5.57. The van der Waals surface area contributed by atoms with Crippen LogP contribution in [0.1, 0.15) is 28.7 Å². The number of hydrogen-bond donors (Lipinski definition) is 2. The summed E-state index contributed by atoms with van der Waals surface area (Å²) in [6.07, 6.45) is 1.04. The fraction of sp³-hybridized carbons (Fsp3) is 0.450. The fourth-order valence-corrected chi connectivity index (χ4v) is 4.64. The summed E-state index contributed by atoms with van der Waals surface area (Å²) in [6.45, 7) is 3.99. The number of benzene rings is 1. The van der Waals surface area contributed by atoms with Gasteiger partial charge in [0, 0.05) is 29.4 Å². The second-order valence-corrected chi connectivity index (χ2v) is 8.11. The second-order valence-electron chi connectivity index (χ2n) is 6.86. The molecule has 1 aromatic carbocycles. The van der Waals surface area contributed by atoms with Crippen LogP contribution in [0.15, 0.2) is 42.5 Å². The van der Waals surface area contributed by atoms with E-state index in [0.29, 0.717) is 19.4 Å². The summed E-state index contributed by atoms with van der Waals surface area (Å²) in [5.41, 5.74) is -0.194. The van der Waals surface area contributed by atoms with Gasteiger partial charge in [0.1, 0.15) is 5.41 Å². The van der Waals surface area contributed by atoms with Gasteiger partial charge in [-0.1, -0.05) is 37.3 Å². The first-order chi connectivity index (χ1) is 12.0. The molecule has 2 aromatic rings. The van der Waals surface area contributed by atoms with Crippen LogP contribution in [0.4, 0.5) is 0 Å². The maximum atomic E-state index is 12.2. The average Bonchev–Trinajstić information content (AvgIpc) is 3.06. The smallest absolute Gasteiger partial charge is 0.313 e. The van der Waals surface area contributed by atoms with Crippen molar-refractivity contribution in [3.8, 4) is 0 Å². The summed E-state index contributed by atoms with van der Waals surface area (Å²) in [5.74, 6) is -0.908. The molecule has 0 unspecified atom stereocenters. The minimum absolute atomic E-state index is 0.353. The minimum Gasteiger partial charge on any atom is -0.481 e. The van der Waals surface area contributed by atoms with E-state index < -0.39 is 17.5 Å². The Morgan fingerprint density at radius 1 is 1.24 bits per heavy atom. The lowest BCUT2D eigenvalue weighted by molar-refractivity contribution is -0.163. The Labute approximate surface area is 152 Å². The van der Waals surface area contributed by atoms with Gasteiger partial charge in [-0.25, -0.2) is 0 Å². The maximum absolute atomic E-state index is 12.2. The highest BCUT2D eigenvalue weighted by Gasteiger charge is 2.49. The van der Waals surface area contributed by atoms with Crippen LogP contribution in [-0.4, -0.2) is 40.3 Å². The predicted molar refractivity (Wildman–Crippen MR) is 99.8 cm³/mol. The van der Waals surface area contributed by atoms with Crippen molar-refractivity contribution >= 4 is 17.3 Å². The maximum Gasteiger partial charge on any atom is 0.313 e. The van der Waals surface area contributed by atoms with Gasteiger partial charge in [-0.3, -0.25) is 9.69 Å². The van der Waals surface area contributed by atoms with E-state index in [9.17, 15) is 15.0 Å². The molecule has 0 spiro atoms. The molecule has 1 aromatic heterocycles. The number of likely N-dealkylation sites (tertiary alicyclic amines) is 1. The topological polar surface area (TPSA) is 60.8 Å². The van der Waals surface area contributed by atoms with Crippen LogP contribution >= 0.6 is 11.3 Å². The van der Waals surface area contributed by atoms with E-state index in [2.05, 4.69) is 24.0 Å². The van der Waals surface area contributed by atoms with Crippen LogP contribution in [0.25, 0.3) is 0 Å². The SMILES string of the molecule is CCc1ccc(CN2CC[C@H](O)[C@@](Cc3ccccc3)(C(=O)O)C2)s1. The number of carboxylic acid groups (broad SMARTS) is 1. The summed E-state index contributed by atoms with van der Waals surface area (Å²) in [6, 6.07) is 13.9. The number of nitrogens with zero attached hydrogens (tertiary/aromatic N) is 1. The van der Waals surface area contributed by atoms with E-state index in [-0.39, 0.29) is 0 Å². The number of aliphatic hydroxyl groups is 1. The first-order valence-electron chi connectivity index (χ1n) is 8.79. The van der Waals surface area contributed by atoms with E-state index >= 15 is 0 Å². The summed E-state index contributed by atoms with van der Waals surface area (Å²) in [4.78, 5) is 16.9. The van der Waals surface area contributed by atoms with Crippen molar-refractivity contribution in [2.24, 2.45) is 5.41 Å². The molecular formula is C20H25NO3S. The fourth-order valence-electron chi connectivity index (χ4n) is 3.64. The molecule has 1 aliphatic heterocycles. The van der Waals surface area contributed by atoms with Crippen molar-refractivity contribution in [3.63, 3.8) is 0 Å². The molecule has 0 radical (unpaired) electrons. The average molecular weight is 359 g/mol. The molecule has 5 heteroatoms. The molecule has 4 nitrogen and oxygen atoms in total. The first kappa shape index (κ1) is 18.1. The molecule has 1 fully saturated rings. The van der Waals surface area contributed by atoms with Gasteiger partial charge < -0.3 is 10.2 Å². The lowest BCUT2D eigenvalue weighted by Gasteiger charge is -2.43. The monoisotopic (exact) mass is 359 g/mol. The van der Waals surface area contributed by atoms with Gasteiger partial charge in [0.25, 0.3) is 0 Å². The Bertz CT molecular complexity index is 715. The quantitative estimate of drug-likeness (QED) is 0.832. The molecule has 134 valence electrons. The number of rotatable bonds is 6. The molecule has 3 rings (SSSR count). The molecule has 0 amide bonds. The highest BCUT2D eigenvalue weighted by atomic mass is 32.1. The van der Waals surface area contributed by atoms with Gasteiger partial charge in [-0.15, -0.1) is 11.3 Å². The van der Waals surface area contributed by atoms with Crippen molar-refractivity contribution in [3.05, 3.63) is 57.8 Å². The van der Waals surface area contributed by atoms with Crippen molar-refractivity contribution in [1.29, 1.82) is 0 Å². The third kappa shape index (κ3) is 3.94. The lowest BCUT2D eigenvalue weighted by Crippen LogP contribution is -2.56. The standard InChI is InChI=1S/C20H25NO3S/c1-2-16-8-9-17(25-16)13-21-11-10-18(22)20(14-21,19(23)24)12-15-6-4-3-5-7-15/h3-9,18,22H,2,10-14H2,1H3,(H,23,24)/t18-,20-/m0/s1. The Morgan fingerprint density at radius 2 is 1.96 bits per heavy atom. The number of aliphatic carboxylic acids is 1. The zero-order valence-corrected chi connectivity index (χ0v) is 15.3. The molecule has 0 saturated carbocycles. The Hall–Kier alpha value is -1.69. The number of carbonyl (C=O) groups is 1. The van der Waals surface area contributed by atoms with E-state index in [1.54, 1.807) is 11.3 Å². The molecule has 1 aliphatic rings. The highest BCUT2D eigenvalue weighted by Crippen LogP contribution is 2.35. The van der Waals surface area contributed by atoms with Gasteiger partial charge in [-0.2, -0.15) is 0 Å². The zero-order chi connectivity index (χ0) is 17.9. The molecule has 1 saturated heterocycles. The van der Waals surface area contributed by atoms with E-state index in [0.717, 1.165) is 25.1 Å². The molecule has 25 heavy (non-hydrogen) atoms. The molecular weight excluding hydrogens is 334 g/mol. The third-order valence-electron chi connectivity index (χ3n) is 5.10. The van der Waals surface area contributed by atoms with E-state index in [4.69, 9.17) is 0 Å². The predicted octanol–water partition coefficient (Wildman–Crippen LogP) is 3.19. The van der Waals surface area contributed by atoms with E-state index in [1.807, 2.05) is 30.3 Å². The van der Waals surface area contributed by atoms with Gasteiger partial charge in [0.2, 0.25) is 0 Å². The molecule has 2 atom stereocenters. The Balaban J connectivity index is 1.79. The van der Waals surface area contributed by atoms with Crippen LogP contribution in [0.5, 0.6) is 0 Å². The number of aryl methyl sites for hydroxylation is 1. The molecule has 2 N–H and O–H groups in total. The molecule has 0 bridgehead atoms. The molecule has 0 aliphatic carbocycles. The normalized spacial score (nSPS) is 24.3. The Morgan fingerprint density at radius 3 is 2.60 bits per heavy atom. The molecule has 2 heterocycles. The number of aliphatic hydroxyl groups excluding tert-OH is 1. The van der Waals surface area contributed by atoms with E-state index in [1.165, 1.54) is 9.75 Å². The van der Waals surface area contributed by atoms with Gasteiger partial charge in [0.05, 0.1) is 6.10 Å². The van der Waals surface area contributed by atoms with Gasteiger partial charge >= 0.3 is 5.97 Å². The number of hydrogen-bond acceptors (Lipinski definition) is 4. The lowest BCUT2D eigenvalue weighted by atomic mass is 9.73. The zero-order valence-electron chi connectivity index (χ0n) is 14.5. The van der Waals surface area contributed by atoms with Crippen LogP contribution in [0, 0.1) is 5.41 Å². The third-order valence-corrected chi connectivity index (χ3v) is 6.31. The van der Waals surface area contributed by atoms with Gasteiger partial charge in [0.15, 0.2) is 0 Å². The summed E-state index contributed by atoms with van der Waals surface area (Å²) < 4.78 is 0. The second kappa shape index (κ2) is 7.68. The highest BCUT2D eigenvalue weighted by molar-refractivity contribution is 7.11. The van der Waals surface area contributed by atoms with Crippen molar-refractivity contribution in [1.82, 2.24) is 4.90 Å². The summed E-state index contributed by atoms with van der Waals surface area (Å²) in [7, 11) is 0. The van der Waals surface area contributed by atoms with Gasteiger partial charge in [-0.05, 0) is 37.0 Å². The number of carboxylic acids is 1. The number of thiophene rings is 1. The summed E-state index contributed by atoms with van der Waals surface area (Å²) >= 11 is 1.79. The van der Waals surface area contributed by atoms with Crippen LogP contribution in [0.3, 0.4) is 0 Å². The largest absolute Gasteiger partial charge is 0.481 e. The number of piperidine rings is 1. The van der Waals surface area contributed by atoms with Crippen molar-refractivity contribution in [2.45, 2.75) is 38.8 Å². The minimum atomic E-state index is -1.15. The van der Waals surface area contributed by atoms with Crippen molar-refractivity contribution in [2.75, 3.05) is 13.1 Å². The van der Waals surface area contributed by atoms with Crippen molar-refractivity contribution < 1.29 is 15.0 Å². The summed E-state index contributed by atoms with van der Waals surface area (Å²) in [5, 5.41) is 20.5.